The van der Waals surface area contributed by atoms with Gasteiger partial charge in [-0.1, -0.05) is 71.9 Å². The van der Waals surface area contributed by atoms with Crippen LogP contribution in [0.2, 0.25) is 0 Å². The van der Waals surface area contributed by atoms with Crippen LogP contribution in [-0.4, -0.2) is 102 Å². The minimum absolute atomic E-state index is 0.0997. The van der Waals surface area contributed by atoms with Crippen LogP contribution in [-0.2, 0) is 52.3 Å². The van der Waals surface area contributed by atoms with E-state index in [0.717, 1.165) is 12.5 Å². The molecule has 1 aliphatic heterocycles. The fourth-order valence-electron chi connectivity index (χ4n) is 11.9. The van der Waals surface area contributed by atoms with Crippen molar-refractivity contribution in [3.05, 3.63) is 81.4 Å². The van der Waals surface area contributed by atoms with Crippen LogP contribution in [0.5, 0.6) is 0 Å². The molecular weight excluding hydrogens is 875 g/mol. The summed E-state index contributed by atoms with van der Waals surface area (Å²) in [6, 6.07) is 8.24. The zero-order valence-electron chi connectivity index (χ0n) is 43.8. The van der Waals surface area contributed by atoms with Crippen molar-refractivity contribution < 1.29 is 69.8 Å². The lowest BCUT2D eigenvalue weighted by molar-refractivity contribution is -0.325. The average Bonchev–Trinajstić information content (AvgIpc) is 4.00. The predicted octanol–water partition coefficient (Wildman–Crippen LogP) is 7.47. The molecule has 0 radical (unpaired) electrons. The summed E-state index contributed by atoms with van der Waals surface area (Å²) >= 11 is 0. The van der Waals surface area contributed by atoms with Crippen molar-refractivity contribution in [3.8, 4) is 0 Å². The van der Waals surface area contributed by atoms with E-state index in [2.05, 4.69) is 5.32 Å². The normalized spacial score (nSPS) is 33.2. The Bertz CT molecular complexity index is 2540. The van der Waals surface area contributed by atoms with Gasteiger partial charge in [0.25, 0.3) is 0 Å². The molecule has 1 saturated heterocycles. The van der Waals surface area contributed by atoms with Crippen molar-refractivity contribution in [1.82, 2.24) is 5.32 Å². The number of Topliss-reactive ketones (excluding diaryl/α,β-unsaturated/α-hetero) is 1. The van der Waals surface area contributed by atoms with Crippen molar-refractivity contribution in [2.45, 2.75) is 169 Å². The van der Waals surface area contributed by atoms with E-state index < -0.39 is 111 Å². The first-order valence-electron chi connectivity index (χ1n) is 24.4. The maximum atomic E-state index is 15.8. The van der Waals surface area contributed by atoms with Gasteiger partial charge in [-0.3, -0.25) is 14.4 Å². The van der Waals surface area contributed by atoms with Crippen molar-refractivity contribution in [3.63, 3.8) is 0 Å². The summed E-state index contributed by atoms with van der Waals surface area (Å²) in [6.07, 6.45) is -9.67. The van der Waals surface area contributed by atoms with Gasteiger partial charge in [-0.05, 0) is 105 Å². The fraction of sp³-hybridized carbons (Fsp3) is 0.623. The number of fused-ring (bicyclic) bond motifs is 4. The second kappa shape index (κ2) is 17.7. The number of nitrogens with one attached hydrogen (secondary N) is 1. The summed E-state index contributed by atoms with van der Waals surface area (Å²) < 4.78 is 63.6. The van der Waals surface area contributed by atoms with E-state index in [1.807, 2.05) is 34.6 Å². The van der Waals surface area contributed by atoms with Gasteiger partial charge in [0.05, 0.1) is 26.8 Å². The first-order valence-corrected chi connectivity index (χ1v) is 23.4. The monoisotopic (exact) mass is 945 g/mol. The van der Waals surface area contributed by atoms with E-state index in [1.165, 1.54) is 20.1 Å². The second-order valence-electron chi connectivity index (χ2n) is 21.2. The van der Waals surface area contributed by atoms with E-state index >= 15 is 9.59 Å². The van der Waals surface area contributed by atoms with Crippen LogP contribution in [0.1, 0.15) is 136 Å². The first kappa shape index (κ1) is 47.9. The highest BCUT2D eigenvalue weighted by molar-refractivity contribution is 5.97. The van der Waals surface area contributed by atoms with Crippen LogP contribution >= 0.6 is 0 Å². The molecule has 2 aromatic carbocycles. The summed E-state index contributed by atoms with van der Waals surface area (Å²) in [6.45, 7) is 21.6. The highest BCUT2D eigenvalue weighted by atomic mass is 16.6. The van der Waals surface area contributed by atoms with Crippen LogP contribution in [0.4, 0.5) is 4.79 Å². The molecular formula is C53H69NO14. The summed E-state index contributed by atoms with van der Waals surface area (Å²) in [5, 5.41) is 14.9. The maximum absolute atomic E-state index is 15.8. The quantitative estimate of drug-likeness (QED) is 0.121. The number of ketones is 1. The Kier molecular flexibility index (Phi) is 12.5. The van der Waals surface area contributed by atoms with Gasteiger partial charge in [0.2, 0.25) is 0 Å². The molecule has 12 atom stereocenters. The number of aryl methyl sites for hydroxylation is 1. The van der Waals surface area contributed by atoms with Gasteiger partial charge in [-0.25, -0.2) is 14.4 Å². The molecule has 4 aliphatic carbocycles. The minimum atomic E-state index is -3.64. The third-order valence-corrected chi connectivity index (χ3v) is 16.7. The lowest BCUT2D eigenvalue weighted by atomic mass is 9.48. The molecule has 2 aromatic rings. The number of methoxy groups -OCH3 is 1. The zero-order chi connectivity index (χ0) is 52.1. The fourth-order valence-corrected chi connectivity index (χ4v) is 11.9. The number of alkyl carbamates (subject to hydrolysis) is 1. The molecule has 15 heteroatoms. The molecule has 1 amide bonds. The van der Waals surface area contributed by atoms with Crippen molar-refractivity contribution in [1.29, 1.82) is 0 Å². The number of hydrogen-bond acceptors (Lipinski definition) is 14. The molecule has 5 aliphatic rings. The van der Waals surface area contributed by atoms with E-state index in [-0.39, 0.29) is 47.6 Å². The number of carbonyl (C=O) groups is 6. The molecule has 4 fully saturated rings. The first-order chi connectivity index (χ1) is 32.4. The minimum Gasteiger partial charge on any atom is -0.456 e. The van der Waals surface area contributed by atoms with Crippen molar-refractivity contribution in [2.75, 3.05) is 13.7 Å². The van der Waals surface area contributed by atoms with Crippen molar-refractivity contribution in [2.24, 2.45) is 28.1 Å². The molecule has 0 aromatic heterocycles. The molecule has 2 N–H and O–H groups in total. The van der Waals surface area contributed by atoms with Gasteiger partial charge in [-0.2, -0.15) is 0 Å². The molecule has 15 nitrogen and oxygen atoms in total. The van der Waals surface area contributed by atoms with E-state index in [4.69, 9.17) is 33.2 Å². The summed E-state index contributed by atoms with van der Waals surface area (Å²) in [5.41, 5.74) is -5.69. The maximum Gasteiger partial charge on any atom is 0.408 e. The highest BCUT2D eigenvalue weighted by Crippen LogP contribution is 2.75. The van der Waals surface area contributed by atoms with Crippen molar-refractivity contribution >= 4 is 35.8 Å². The number of rotatable bonds is 12. The van der Waals surface area contributed by atoms with Crippen LogP contribution in [0, 0.1) is 48.9 Å². The summed E-state index contributed by atoms with van der Waals surface area (Å²) in [4.78, 5) is 85.9. The molecule has 3 saturated carbocycles. The molecule has 1 heterocycles. The predicted molar refractivity (Wildman–Crippen MR) is 247 cm³/mol. The third kappa shape index (κ3) is 7.93. The Morgan fingerprint density at radius 1 is 0.926 bits per heavy atom. The summed E-state index contributed by atoms with van der Waals surface area (Å²) in [5.74, 6) is -6.07. The van der Waals surface area contributed by atoms with Gasteiger partial charge >= 0.3 is 30.0 Å². The number of hydrogen-bond donors (Lipinski definition) is 2. The Morgan fingerprint density at radius 3 is 2.15 bits per heavy atom. The smallest absolute Gasteiger partial charge is 0.408 e. The number of amides is 1. The molecule has 370 valence electrons. The largest absolute Gasteiger partial charge is 0.456 e. The molecule has 68 heavy (non-hydrogen) atoms. The Balaban J connectivity index is 1.42. The zero-order valence-corrected chi connectivity index (χ0v) is 41.8. The van der Waals surface area contributed by atoms with Gasteiger partial charge < -0.3 is 43.6 Å². The highest BCUT2D eigenvalue weighted by Gasteiger charge is 2.84. The lowest BCUT2D eigenvalue weighted by Gasteiger charge is -2.65. The molecule has 7 rings (SSSR count). The van der Waals surface area contributed by atoms with E-state index in [1.54, 1.807) is 77.9 Å². The van der Waals surface area contributed by atoms with Gasteiger partial charge in [0, 0.05) is 43.6 Å². The topological polar surface area (TPSA) is 199 Å². The Morgan fingerprint density at radius 2 is 1.59 bits per heavy atom. The Labute approximate surface area is 402 Å². The number of benzene rings is 2. The van der Waals surface area contributed by atoms with E-state index in [0.29, 0.717) is 24.0 Å². The van der Waals surface area contributed by atoms with Gasteiger partial charge in [0.1, 0.15) is 29.5 Å². The van der Waals surface area contributed by atoms with Gasteiger partial charge in [0.15, 0.2) is 23.6 Å². The lowest BCUT2D eigenvalue weighted by Crippen LogP contribution is -2.78. The standard InChI is InChI=1S/C53H69NO14/c1-15-50(13,48(8,9)10)68-47(61)54-39(35-22-21-27(2)28(3)29(35)4)40(57)46(60)65-36-25-53(62-14)44(66-45(59)33-19-17-16-18-20-33)42-51(24-34(51)23-37-52(42,26-63-37)67-32(7)56)43(58)41(64-31(6)55)38(30(36)5)49(53,11)12/h16-22,34,36-37,39-42,44,57H,15,23-26H2,1-14H3,(H,54,61)/t34-,36+,37-,39+,40-,41-,42+,44+,50?,51-,52+,53-/m1/s1/i39D,40D. The summed E-state index contributed by atoms with van der Waals surface area (Å²) in [7, 11) is 1.37. The van der Waals surface area contributed by atoms with Crippen LogP contribution in [0.15, 0.2) is 53.6 Å². The second-order valence-corrected chi connectivity index (χ2v) is 21.2. The number of esters is 4. The SMILES string of the molecule is [2H][C@](O)(C(=O)O[C@H]1C[C@@]2(OC)[C@@H](OC(=O)c3ccccc3)[C@@H]3[C@]4(OC(C)=O)CO[C@@H]4C[C@@H]4C[C@@]43C(=O)[C@H](OC(C)=O)C(=C1C)C2(C)C)[C@@]([2H])(NC(=O)OC(C)(CC)C(C)(C)C)c1ccc(C)c(C)c1C. The van der Waals surface area contributed by atoms with Crippen LogP contribution < -0.4 is 5.32 Å². The number of carbonyl (C=O) groups excluding carboxylic acids is 6. The third-order valence-electron chi connectivity index (χ3n) is 16.7. The van der Waals surface area contributed by atoms with Crippen LogP contribution in [0.25, 0.3) is 0 Å². The van der Waals surface area contributed by atoms with E-state index in [9.17, 15) is 27.0 Å². The molecule has 1 spiro atoms. The van der Waals surface area contributed by atoms with Gasteiger partial charge in [-0.15, -0.1) is 0 Å². The number of ether oxygens (including phenoxy) is 7. The number of aliphatic hydroxyl groups is 1. The molecule has 2 bridgehead atoms. The Hall–Kier alpha value is -5.12. The average molecular weight is 946 g/mol. The van der Waals surface area contributed by atoms with Crippen LogP contribution in [0.3, 0.4) is 0 Å². The molecule has 1 unspecified atom stereocenters.